The Hall–Kier alpha value is -5.33. The number of furan rings is 1. The molecule has 5 saturated heterocycles. The molecule has 13 nitrogen and oxygen atoms in total. The van der Waals surface area contributed by atoms with Gasteiger partial charge in [0.2, 0.25) is 0 Å². The highest BCUT2D eigenvalue weighted by Gasteiger charge is 3.05. The summed E-state index contributed by atoms with van der Waals surface area (Å²) in [5.74, 6) is 8.13. The van der Waals surface area contributed by atoms with Gasteiger partial charge >= 0.3 is 11.9 Å². The smallest absolute Gasteiger partial charge is 0.339 e. The SMILES string of the molecule is C[C@]12C[C@@H]3[C@@H]4[C@@]56COC(=O)[C@]78C=C[C@@H]9C[C@H](CC%10=C[C@@H]%11[C@@]%12%13C=C[C@H]%14CCC[C@H]%14[C@@H]%12CC=C%12C=C[C@H](C[C@H]%12%13)[C@@]%11(O[C@]%1057)[C@H]6C(=O)[C@@H](O)[C@]45[C@@H]4C[C@H](Cc6ccccc6)CC[C@@H]4C#CC[C@@]1(c1ccoc1C[C@@H]([C@H]1CC[C@H]4[C@H](C=CN6CNC[C@H]46)C1)[C@H](O)CO)OC(=O)[C@H]1O[C@@]152)[C@]81[C@@H]3CC[C@@H]2CCC[C@]291. The molecular weight excluding hydrogens is 1270 g/mol. The molecule has 16 fully saturated rings. The van der Waals surface area contributed by atoms with E-state index in [0.717, 1.165) is 115 Å². The molecule has 0 amide bonds. The lowest BCUT2D eigenvalue weighted by molar-refractivity contribution is -0.323. The molecule has 7 aliphatic heterocycles. The first-order valence-corrected chi connectivity index (χ1v) is 41.2. The van der Waals surface area contributed by atoms with Crippen LogP contribution in [0.4, 0.5) is 0 Å². The van der Waals surface area contributed by atoms with Gasteiger partial charge in [-0.3, -0.25) is 14.9 Å². The number of Topliss-reactive ketones (excluding diaryl/α,β-unsaturated/α-hetero) is 1. The van der Waals surface area contributed by atoms with Crippen LogP contribution in [0.3, 0.4) is 0 Å². The fourth-order valence-electron chi connectivity index (χ4n) is 36.1. The van der Waals surface area contributed by atoms with Crippen LogP contribution in [0.2, 0.25) is 0 Å². The minimum atomic E-state index is -1.62. The predicted molar refractivity (Wildman–Crippen MR) is 373 cm³/mol. The van der Waals surface area contributed by atoms with Gasteiger partial charge in [0, 0.05) is 64.0 Å². The van der Waals surface area contributed by atoms with Crippen molar-refractivity contribution in [2.75, 3.05) is 26.4 Å². The van der Waals surface area contributed by atoms with Gasteiger partial charge in [0.25, 0.3) is 0 Å². The molecule has 25 rings (SSSR count). The molecule has 102 heavy (non-hydrogen) atoms. The summed E-state index contributed by atoms with van der Waals surface area (Å²) in [5, 5.41) is 43.2. The van der Waals surface area contributed by atoms with Crippen molar-refractivity contribution >= 4 is 17.7 Å². The van der Waals surface area contributed by atoms with Crippen LogP contribution >= 0.6 is 0 Å². The van der Waals surface area contributed by atoms with Crippen LogP contribution < -0.4 is 5.32 Å². The molecule has 12 bridgehead atoms. The number of esters is 2. The number of hydrogen-bond donors (Lipinski definition) is 4. The van der Waals surface area contributed by atoms with Gasteiger partial charge in [-0.1, -0.05) is 117 Å². The standard InChI is InChI=1S/C89H100N2O11/c1-79-42-62-64-23-20-54-12-7-28-81(54)55-25-31-83-78(97)99-45-82-73(62)85(75(95)72(94)74(82)86-56-19-16-51-18-22-63-59-13-5-10-49(59)24-30-80(63,66(51)39-56)71(86)40-58(88(82,83)102-86)38-57(37-55)87(64,81)83)67-35-48(34-47-8-3-2-4-9-47)14-15-50(67)11-6-29-84(79,101-77(96)76-89(79,85)100-76)65-27-33-98-70(65)41-61(69(93)44-92)52-17-21-60-53(36-52)26-32-91-46-90-43-68(60)91/h2-4,8-9,16,18-19,24-27,30-33,40,48-50,52-57,59-64,66-69,71,73-76,90,92-93,95H,5,7,10,12-15,17,20-23,28-29,34-39,41-46H2,1H3/t48-,49+,50-,52-,53+,54-,55+,56+,57+,59+,60-,61-,62-,63-,64+,66+,67+,68+,69+,71+,73+,74-,75+,76+,79-,80-,81-,82+,83-,84-,85-,86-,87+,88+,89+/m0/s1. The van der Waals surface area contributed by atoms with E-state index in [4.69, 9.17) is 18.6 Å². The summed E-state index contributed by atoms with van der Waals surface area (Å²) in [5.41, 5.74) is -7.29. The van der Waals surface area contributed by atoms with E-state index in [1.807, 2.05) is 6.07 Å². The van der Waals surface area contributed by atoms with E-state index in [-0.39, 0.29) is 101 Å². The Balaban J connectivity index is 0.763. The summed E-state index contributed by atoms with van der Waals surface area (Å²) in [7, 11) is 0. The summed E-state index contributed by atoms with van der Waals surface area (Å²) < 4.78 is 40.1. The first-order chi connectivity index (χ1) is 49.7. The number of carbonyl (C=O) groups is 3. The van der Waals surface area contributed by atoms with Crippen LogP contribution in [0, 0.1) is 168 Å². The number of allylic oxidation sites excluding steroid dienone is 7. The third-order valence-corrected chi connectivity index (χ3v) is 38.0. The average Bonchev–Trinajstić information content (AvgIpc) is 1.39. The molecule has 2 aromatic rings. The monoisotopic (exact) mass is 1370 g/mol. The van der Waals surface area contributed by atoms with Crippen molar-refractivity contribution in [1.29, 1.82) is 0 Å². The third kappa shape index (κ3) is 5.98. The molecule has 0 unspecified atom stereocenters. The third-order valence-electron chi connectivity index (χ3n) is 38.0. The van der Waals surface area contributed by atoms with Gasteiger partial charge in [-0.15, -0.1) is 0 Å². The van der Waals surface area contributed by atoms with Crippen molar-refractivity contribution in [3.05, 3.63) is 132 Å². The number of epoxide rings is 1. The molecule has 16 aliphatic carbocycles. The van der Waals surface area contributed by atoms with Crippen molar-refractivity contribution in [2.24, 2.45) is 156 Å². The molecule has 13 heteroatoms. The normalized spacial score (nSPS) is 57.0. The molecule has 11 saturated carbocycles. The Morgan fingerprint density at radius 3 is 2.66 bits per heavy atom. The number of aliphatic hydroxyl groups is 3. The van der Waals surface area contributed by atoms with Gasteiger partial charge in [0.15, 0.2) is 17.5 Å². The number of ketones is 1. The van der Waals surface area contributed by atoms with Gasteiger partial charge in [-0.25, -0.2) is 4.79 Å². The molecule has 0 radical (unpaired) electrons. The van der Waals surface area contributed by atoms with Gasteiger partial charge in [-0.2, -0.15) is 0 Å². The summed E-state index contributed by atoms with van der Waals surface area (Å²) in [6.45, 7) is 3.82. The molecule has 1 aromatic carbocycles. The van der Waals surface area contributed by atoms with Crippen molar-refractivity contribution < 1.29 is 53.1 Å². The number of rotatable bonds is 8. The number of aliphatic hydroxyl groups excluding tert-OH is 3. The molecule has 1 aromatic heterocycles. The number of nitrogens with one attached hydrogen (secondary N) is 1. The molecule has 4 N–H and O–H groups in total. The second-order valence-electron chi connectivity index (χ2n) is 39.2. The second-order valence-corrected chi connectivity index (χ2v) is 39.2. The van der Waals surface area contributed by atoms with Crippen LogP contribution in [-0.4, -0.2) is 106 Å². The van der Waals surface area contributed by atoms with E-state index in [0.29, 0.717) is 66.6 Å². The molecular formula is C89H100N2O11. The lowest BCUT2D eigenvalue weighted by atomic mass is 9.27. The Kier molecular flexibility index (Phi) is 11.5. The summed E-state index contributed by atoms with van der Waals surface area (Å²) >= 11 is 0. The Morgan fingerprint density at radius 1 is 0.843 bits per heavy atom. The van der Waals surface area contributed by atoms with E-state index >= 15 is 19.5 Å². The lowest BCUT2D eigenvalue weighted by Gasteiger charge is -2.75. The number of benzene rings is 1. The second kappa shape index (κ2) is 19.3. The average molecular weight is 1370 g/mol. The first kappa shape index (κ1) is 60.8. The van der Waals surface area contributed by atoms with Crippen molar-refractivity contribution in [2.45, 2.75) is 195 Å². The highest BCUT2D eigenvalue weighted by atomic mass is 16.7. The highest BCUT2D eigenvalue weighted by Crippen LogP contribution is 2.99. The fraction of sp³-hybridized carbons (Fsp3) is 0.697. The van der Waals surface area contributed by atoms with Gasteiger partial charge in [0.05, 0.1) is 49.0 Å². The van der Waals surface area contributed by atoms with Crippen LogP contribution in [0.5, 0.6) is 0 Å². The number of hydrogen-bond acceptors (Lipinski definition) is 13. The number of fused-ring (bicyclic) bond motifs is 8. The van der Waals surface area contributed by atoms with E-state index in [1.165, 1.54) is 36.0 Å². The molecule has 35 atom stereocenters. The largest absolute Gasteiger partial charge is 0.469 e. The number of ether oxygens (including phenoxy) is 4. The number of cyclic esters (lactones) is 1. The predicted octanol–water partition coefficient (Wildman–Crippen LogP) is 11.9. The Labute approximate surface area is 598 Å². The van der Waals surface area contributed by atoms with Crippen molar-refractivity contribution in [1.82, 2.24) is 10.2 Å². The maximum atomic E-state index is 19.0. The zero-order valence-corrected chi connectivity index (χ0v) is 59.1. The maximum absolute atomic E-state index is 19.0. The minimum absolute atomic E-state index is 0.00690. The Bertz CT molecular complexity index is 4380. The van der Waals surface area contributed by atoms with E-state index in [1.54, 1.807) is 6.26 Å². The van der Waals surface area contributed by atoms with E-state index in [2.05, 4.69) is 120 Å². The van der Waals surface area contributed by atoms with Crippen molar-refractivity contribution in [3.63, 3.8) is 0 Å². The van der Waals surface area contributed by atoms with Gasteiger partial charge < -0.3 is 43.6 Å². The minimum Gasteiger partial charge on any atom is -0.469 e. The van der Waals surface area contributed by atoms with Crippen LogP contribution in [0.15, 0.2) is 119 Å². The molecule has 532 valence electrons. The van der Waals surface area contributed by atoms with E-state index < -0.39 is 98.1 Å². The fourth-order valence-corrected chi connectivity index (χ4v) is 36.1. The zero-order valence-electron chi connectivity index (χ0n) is 59.1. The van der Waals surface area contributed by atoms with Crippen LogP contribution in [0.25, 0.3) is 0 Å². The Morgan fingerprint density at radius 2 is 1.75 bits per heavy atom. The van der Waals surface area contributed by atoms with Crippen LogP contribution in [0.1, 0.15) is 152 Å². The summed E-state index contributed by atoms with van der Waals surface area (Å²) in [6, 6.07) is 13.4. The molecule has 9 spiro atoms. The highest BCUT2D eigenvalue weighted by molar-refractivity contribution is 5.96. The molecule has 8 heterocycles. The number of carbonyl (C=O) groups excluding carboxylic acids is 3. The van der Waals surface area contributed by atoms with Crippen molar-refractivity contribution in [3.8, 4) is 11.8 Å². The topological polar surface area (TPSA) is 181 Å². The van der Waals surface area contributed by atoms with Gasteiger partial charge in [-0.05, 0) is 245 Å². The lowest BCUT2D eigenvalue weighted by Crippen LogP contribution is -2.85. The first-order valence-electron chi connectivity index (χ1n) is 41.2. The number of nitrogens with zero attached hydrogens (tertiary/aromatic N) is 1. The van der Waals surface area contributed by atoms with Crippen LogP contribution in [-0.2, 0) is 51.8 Å². The molecule has 23 aliphatic rings. The summed E-state index contributed by atoms with van der Waals surface area (Å²) in [4.78, 5) is 55.9. The van der Waals surface area contributed by atoms with E-state index in [9.17, 15) is 14.9 Å². The summed E-state index contributed by atoms with van der Waals surface area (Å²) in [6.07, 6.45) is 42.9. The zero-order chi connectivity index (χ0) is 67.6. The van der Waals surface area contributed by atoms with Gasteiger partial charge in [0.1, 0.15) is 35.1 Å². The maximum Gasteiger partial charge on any atom is 0.339 e. The quantitative estimate of drug-likeness (QED) is 0.0849.